The van der Waals surface area contributed by atoms with Gasteiger partial charge >= 0.3 is 0 Å². The fourth-order valence-electron chi connectivity index (χ4n) is 4.08. The van der Waals surface area contributed by atoms with Crippen LogP contribution in [0.5, 0.6) is 0 Å². The third-order valence-electron chi connectivity index (χ3n) is 5.91. The van der Waals surface area contributed by atoms with Gasteiger partial charge in [0.25, 0.3) is 0 Å². The molecule has 12 heteroatoms. The molecule has 2 aromatic heterocycles. The van der Waals surface area contributed by atoms with Crippen molar-refractivity contribution in [2.45, 2.75) is 23.8 Å². The number of nitrogens with zero attached hydrogens (tertiary/aromatic N) is 4. The molecule has 5 rings (SSSR count). The number of nitrogens with one attached hydrogen (secondary N) is 1. The maximum Gasteiger partial charge on any atom is 0.243 e. The van der Waals surface area contributed by atoms with Gasteiger partial charge in [-0.2, -0.15) is 13.9 Å². The number of rotatable bonds is 5. The van der Waals surface area contributed by atoms with Crippen molar-refractivity contribution in [3.05, 3.63) is 74.3 Å². The zero-order valence-electron chi connectivity index (χ0n) is 18.1. The zero-order valence-corrected chi connectivity index (χ0v) is 22.8. The summed E-state index contributed by atoms with van der Waals surface area (Å²) in [6.07, 6.45) is 2.93. The fraction of sp³-hybridized carbons (Fsp3) is 0.217. The summed E-state index contributed by atoms with van der Waals surface area (Å²) in [6, 6.07) is 13.9. The highest BCUT2D eigenvalue weighted by atomic mass is 79.9. The number of piperidine rings is 1. The lowest BCUT2D eigenvalue weighted by Crippen LogP contribution is -2.42. The molecule has 1 aliphatic heterocycles. The molecule has 3 heterocycles. The Labute approximate surface area is 226 Å². The molecule has 0 saturated carbocycles. The number of halogens is 4. The minimum atomic E-state index is -3.66. The summed E-state index contributed by atoms with van der Waals surface area (Å²) < 4.78 is 30.1. The second-order valence-electron chi connectivity index (χ2n) is 8.13. The van der Waals surface area contributed by atoms with Gasteiger partial charge in [0.15, 0.2) is 5.65 Å². The van der Waals surface area contributed by atoms with Gasteiger partial charge in [-0.1, -0.05) is 53.0 Å². The predicted molar refractivity (Wildman–Crippen MR) is 143 cm³/mol. The molecule has 2 aromatic carbocycles. The molecule has 0 spiro atoms. The monoisotopic (exact) mass is 613 g/mol. The van der Waals surface area contributed by atoms with Crippen LogP contribution in [0.1, 0.15) is 12.8 Å². The van der Waals surface area contributed by atoms with Crippen LogP contribution in [-0.2, 0) is 10.0 Å². The highest BCUT2D eigenvalue weighted by Gasteiger charge is 2.30. The van der Waals surface area contributed by atoms with E-state index in [4.69, 9.17) is 39.8 Å². The molecule has 0 unspecified atom stereocenters. The molecule has 4 aromatic rings. The quantitative estimate of drug-likeness (QED) is 0.282. The summed E-state index contributed by atoms with van der Waals surface area (Å²) >= 11 is 21.9. The van der Waals surface area contributed by atoms with Crippen molar-refractivity contribution >= 4 is 72.2 Å². The van der Waals surface area contributed by atoms with Gasteiger partial charge in [0.05, 0.1) is 31.3 Å². The van der Waals surface area contributed by atoms with Gasteiger partial charge in [-0.3, -0.25) is 0 Å². The van der Waals surface area contributed by atoms with Crippen molar-refractivity contribution in [1.29, 1.82) is 0 Å². The largest absolute Gasteiger partial charge is 0.367 e. The summed E-state index contributed by atoms with van der Waals surface area (Å²) in [7, 11) is -3.66. The van der Waals surface area contributed by atoms with Gasteiger partial charge in [0, 0.05) is 35.8 Å². The first-order valence-electron chi connectivity index (χ1n) is 10.7. The average molecular weight is 616 g/mol. The van der Waals surface area contributed by atoms with Gasteiger partial charge in [0.1, 0.15) is 5.82 Å². The molecule has 0 radical (unpaired) electrons. The smallest absolute Gasteiger partial charge is 0.243 e. The topological polar surface area (TPSA) is 79.6 Å². The molecule has 1 fully saturated rings. The third kappa shape index (κ3) is 4.90. The first-order valence-corrected chi connectivity index (χ1v) is 14.1. The van der Waals surface area contributed by atoms with Gasteiger partial charge in [-0.05, 0) is 53.0 Å². The Morgan fingerprint density at radius 3 is 2.43 bits per heavy atom. The van der Waals surface area contributed by atoms with E-state index in [9.17, 15) is 8.42 Å². The molecule has 1 N–H and O–H groups in total. The summed E-state index contributed by atoms with van der Waals surface area (Å²) in [5.74, 6) is 0.751. The standard InChI is InChI=1S/C23H19BrCl3N5O2S/c24-17-13-28-32-22(12-21(30-23(17)32)16-3-1-2-4-18(16)25)29-14-7-9-31(10-8-14)35(33,34)15-5-6-19(26)20(27)11-15/h1-6,11-14,29H,7-10H2. The molecular weight excluding hydrogens is 597 g/mol. The van der Waals surface area contributed by atoms with E-state index in [0.29, 0.717) is 47.3 Å². The Bertz CT molecular complexity index is 1520. The Morgan fingerprint density at radius 2 is 1.71 bits per heavy atom. The highest BCUT2D eigenvalue weighted by molar-refractivity contribution is 9.10. The number of hydrogen-bond donors (Lipinski definition) is 1. The van der Waals surface area contributed by atoms with E-state index in [0.717, 1.165) is 15.9 Å². The summed E-state index contributed by atoms with van der Waals surface area (Å²) in [5, 5.41) is 9.10. The Morgan fingerprint density at radius 1 is 0.971 bits per heavy atom. The number of fused-ring (bicyclic) bond motifs is 1. The molecule has 1 aliphatic rings. The van der Waals surface area contributed by atoms with Crippen LogP contribution in [0.15, 0.2) is 64.1 Å². The molecular formula is C23H19BrCl3N5O2S. The van der Waals surface area contributed by atoms with Crippen molar-refractivity contribution < 1.29 is 8.42 Å². The van der Waals surface area contributed by atoms with Crippen LogP contribution in [0.2, 0.25) is 15.1 Å². The number of aromatic nitrogens is 3. The molecule has 182 valence electrons. The Balaban J connectivity index is 1.37. The summed E-state index contributed by atoms with van der Waals surface area (Å²) in [5.41, 5.74) is 2.19. The van der Waals surface area contributed by atoms with Crippen LogP contribution in [0, 0.1) is 0 Å². The van der Waals surface area contributed by atoms with Gasteiger partial charge in [-0.15, -0.1) is 0 Å². The number of benzene rings is 2. The second kappa shape index (κ2) is 9.88. The van der Waals surface area contributed by atoms with E-state index in [1.54, 1.807) is 10.7 Å². The van der Waals surface area contributed by atoms with E-state index in [1.807, 2.05) is 30.3 Å². The van der Waals surface area contributed by atoms with E-state index >= 15 is 0 Å². The lowest BCUT2D eigenvalue weighted by molar-refractivity contribution is 0.329. The SMILES string of the molecule is O=S(=O)(c1ccc(Cl)c(Cl)c1)N1CCC(Nc2cc(-c3ccccc3Cl)nc3c(Br)cnn23)CC1. The highest BCUT2D eigenvalue weighted by Crippen LogP contribution is 2.32. The number of sulfonamides is 1. The number of anilines is 1. The molecule has 7 nitrogen and oxygen atoms in total. The van der Waals surface area contributed by atoms with Gasteiger partial charge in [-0.25, -0.2) is 13.4 Å². The van der Waals surface area contributed by atoms with Gasteiger partial charge < -0.3 is 5.32 Å². The molecule has 1 saturated heterocycles. The van der Waals surface area contributed by atoms with Crippen LogP contribution in [0.4, 0.5) is 5.82 Å². The predicted octanol–water partition coefficient (Wildman–Crippen LogP) is 6.38. The van der Waals surface area contributed by atoms with Gasteiger partial charge in [0.2, 0.25) is 10.0 Å². The number of hydrogen-bond acceptors (Lipinski definition) is 5. The second-order valence-corrected chi connectivity index (χ2v) is 12.1. The maximum atomic E-state index is 13.1. The first kappa shape index (κ1) is 24.8. The first-order chi connectivity index (χ1) is 16.7. The third-order valence-corrected chi connectivity index (χ3v) is 9.44. The summed E-state index contributed by atoms with van der Waals surface area (Å²) in [4.78, 5) is 4.87. The van der Waals surface area contributed by atoms with E-state index < -0.39 is 10.0 Å². The van der Waals surface area contributed by atoms with Crippen molar-refractivity contribution in [1.82, 2.24) is 18.9 Å². The molecule has 35 heavy (non-hydrogen) atoms. The van der Waals surface area contributed by atoms with Crippen molar-refractivity contribution in [3.63, 3.8) is 0 Å². The lowest BCUT2D eigenvalue weighted by atomic mass is 10.1. The minimum Gasteiger partial charge on any atom is -0.367 e. The average Bonchev–Trinajstić information content (AvgIpc) is 3.22. The minimum absolute atomic E-state index is 0.0444. The van der Waals surface area contributed by atoms with Crippen molar-refractivity contribution in [3.8, 4) is 11.3 Å². The molecule has 0 bridgehead atoms. The Hall–Kier alpha value is -1.88. The van der Waals surface area contributed by atoms with Crippen molar-refractivity contribution in [2.75, 3.05) is 18.4 Å². The molecule has 0 atom stereocenters. The molecule has 0 amide bonds. The fourth-order valence-corrected chi connectivity index (χ4v) is 6.52. The normalized spacial score (nSPS) is 15.5. The maximum absolute atomic E-state index is 13.1. The van der Waals surface area contributed by atoms with E-state index in [1.165, 1.54) is 22.5 Å². The van der Waals surface area contributed by atoms with Crippen LogP contribution >= 0.6 is 50.7 Å². The summed E-state index contributed by atoms with van der Waals surface area (Å²) in [6.45, 7) is 0.739. The van der Waals surface area contributed by atoms with Crippen LogP contribution < -0.4 is 5.32 Å². The Kier molecular flexibility index (Phi) is 7.00. The zero-order chi connectivity index (χ0) is 24.7. The van der Waals surface area contributed by atoms with Crippen LogP contribution in [-0.4, -0.2) is 46.5 Å². The molecule has 0 aliphatic carbocycles. The van der Waals surface area contributed by atoms with Crippen molar-refractivity contribution in [2.24, 2.45) is 0 Å². The van der Waals surface area contributed by atoms with Crippen LogP contribution in [0.3, 0.4) is 0 Å². The van der Waals surface area contributed by atoms with E-state index in [-0.39, 0.29) is 16.0 Å². The van der Waals surface area contributed by atoms with Crippen LogP contribution in [0.25, 0.3) is 16.9 Å². The lowest BCUT2D eigenvalue weighted by Gasteiger charge is -2.32. The van der Waals surface area contributed by atoms with E-state index in [2.05, 4.69) is 26.3 Å².